The van der Waals surface area contributed by atoms with Crippen molar-refractivity contribution < 1.29 is 14.3 Å². The highest BCUT2D eigenvalue weighted by Crippen LogP contribution is 2.19. The fourth-order valence-electron chi connectivity index (χ4n) is 2.81. The number of rotatable bonds is 4. The second-order valence-corrected chi connectivity index (χ2v) is 5.88. The molecular formula is C18H20N4O3. The molecule has 1 aromatic carbocycles. The first-order valence-corrected chi connectivity index (χ1v) is 8.17. The summed E-state index contributed by atoms with van der Waals surface area (Å²) in [6, 6.07) is 8.29. The summed E-state index contributed by atoms with van der Waals surface area (Å²) in [7, 11) is 1.32. The minimum Gasteiger partial charge on any atom is -0.465 e. The van der Waals surface area contributed by atoms with Crippen molar-refractivity contribution in [2.45, 2.75) is 19.8 Å². The van der Waals surface area contributed by atoms with E-state index in [1.54, 1.807) is 37.3 Å². The van der Waals surface area contributed by atoms with Crippen molar-refractivity contribution >= 4 is 23.4 Å². The topological polar surface area (TPSA) is 84.4 Å². The first-order valence-electron chi connectivity index (χ1n) is 8.17. The Morgan fingerprint density at radius 2 is 1.92 bits per heavy atom. The van der Waals surface area contributed by atoms with Crippen LogP contribution in [0.1, 0.15) is 39.5 Å². The second-order valence-electron chi connectivity index (χ2n) is 5.88. The van der Waals surface area contributed by atoms with Crippen LogP contribution in [0.3, 0.4) is 0 Å². The number of hydrogen-bond donors (Lipinski definition) is 1. The average Bonchev–Trinajstić information content (AvgIpc) is 3.15. The SMILES string of the molecule is COC(=O)c1cccc(NC(=O)c2cc(N3CCCC3)nc(C)n2)c1. The molecule has 0 unspecified atom stereocenters. The maximum atomic E-state index is 12.5. The molecule has 2 heterocycles. The van der Waals surface area contributed by atoms with Gasteiger partial charge in [0, 0.05) is 24.8 Å². The van der Waals surface area contributed by atoms with Gasteiger partial charge in [-0.15, -0.1) is 0 Å². The maximum absolute atomic E-state index is 12.5. The molecule has 1 aliphatic heterocycles. The molecule has 1 aromatic heterocycles. The maximum Gasteiger partial charge on any atom is 0.337 e. The van der Waals surface area contributed by atoms with Crippen LogP contribution in [0.2, 0.25) is 0 Å². The molecular weight excluding hydrogens is 320 g/mol. The molecule has 3 rings (SSSR count). The minimum atomic E-state index is -0.453. The van der Waals surface area contributed by atoms with E-state index >= 15 is 0 Å². The molecule has 0 atom stereocenters. The number of ether oxygens (including phenoxy) is 1. The normalized spacial score (nSPS) is 13.6. The van der Waals surface area contributed by atoms with Crippen molar-refractivity contribution in [3.63, 3.8) is 0 Å². The van der Waals surface area contributed by atoms with Gasteiger partial charge in [0.1, 0.15) is 17.3 Å². The van der Waals surface area contributed by atoms with E-state index in [0.29, 0.717) is 22.8 Å². The van der Waals surface area contributed by atoms with Crippen LogP contribution >= 0.6 is 0 Å². The monoisotopic (exact) mass is 340 g/mol. The molecule has 7 nitrogen and oxygen atoms in total. The van der Waals surface area contributed by atoms with Crippen LogP contribution in [0.5, 0.6) is 0 Å². The number of anilines is 2. The van der Waals surface area contributed by atoms with E-state index in [9.17, 15) is 9.59 Å². The Hall–Kier alpha value is -2.96. The van der Waals surface area contributed by atoms with Crippen molar-refractivity contribution in [2.24, 2.45) is 0 Å². The molecule has 25 heavy (non-hydrogen) atoms. The third-order valence-corrected chi connectivity index (χ3v) is 4.03. The third-order valence-electron chi connectivity index (χ3n) is 4.03. The van der Waals surface area contributed by atoms with E-state index in [1.807, 2.05) is 0 Å². The lowest BCUT2D eigenvalue weighted by molar-refractivity contribution is 0.0600. The van der Waals surface area contributed by atoms with Gasteiger partial charge < -0.3 is 15.0 Å². The van der Waals surface area contributed by atoms with Gasteiger partial charge in [0.05, 0.1) is 12.7 Å². The number of esters is 1. The lowest BCUT2D eigenvalue weighted by Crippen LogP contribution is -2.22. The van der Waals surface area contributed by atoms with Crippen LogP contribution in [0.4, 0.5) is 11.5 Å². The van der Waals surface area contributed by atoms with Gasteiger partial charge >= 0.3 is 5.97 Å². The molecule has 0 aliphatic carbocycles. The summed E-state index contributed by atoms with van der Waals surface area (Å²) in [5, 5.41) is 2.77. The second kappa shape index (κ2) is 7.29. The van der Waals surface area contributed by atoms with Crippen LogP contribution < -0.4 is 10.2 Å². The first kappa shape index (κ1) is 16.9. The number of amides is 1. The van der Waals surface area contributed by atoms with E-state index < -0.39 is 5.97 Å². The van der Waals surface area contributed by atoms with Gasteiger partial charge in [-0.25, -0.2) is 14.8 Å². The number of carbonyl (C=O) groups is 2. The number of aromatic nitrogens is 2. The summed E-state index contributed by atoms with van der Waals surface area (Å²) in [6.45, 7) is 3.66. The van der Waals surface area contributed by atoms with Crippen molar-refractivity contribution in [1.29, 1.82) is 0 Å². The summed E-state index contributed by atoms with van der Waals surface area (Å²) >= 11 is 0. The Labute approximate surface area is 146 Å². The lowest BCUT2D eigenvalue weighted by Gasteiger charge is -2.17. The molecule has 130 valence electrons. The zero-order valence-electron chi connectivity index (χ0n) is 14.3. The van der Waals surface area contributed by atoms with Crippen LogP contribution in [-0.4, -0.2) is 42.0 Å². The number of aryl methyl sites for hydroxylation is 1. The Morgan fingerprint density at radius 1 is 1.16 bits per heavy atom. The number of nitrogens with one attached hydrogen (secondary N) is 1. The summed E-state index contributed by atoms with van der Waals surface area (Å²) in [5.41, 5.74) is 1.18. The van der Waals surface area contributed by atoms with Gasteiger partial charge in [0.15, 0.2) is 0 Å². The first-order chi connectivity index (χ1) is 12.1. The predicted octanol–water partition coefficient (Wildman–Crippen LogP) is 2.42. The molecule has 1 fully saturated rings. The van der Waals surface area contributed by atoms with Crippen LogP contribution in [-0.2, 0) is 4.74 Å². The fourth-order valence-corrected chi connectivity index (χ4v) is 2.81. The number of methoxy groups -OCH3 is 1. The minimum absolute atomic E-state index is 0.304. The molecule has 1 saturated heterocycles. The Morgan fingerprint density at radius 3 is 2.64 bits per heavy atom. The third kappa shape index (κ3) is 3.93. The van der Waals surface area contributed by atoms with E-state index in [-0.39, 0.29) is 5.91 Å². The quantitative estimate of drug-likeness (QED) is 0.861. The number of nitrogens with zero attached hydrogens (tertiary/aromatic N) is 3. The summed E-state index contributed by atoms with van der Waals surface area (Å²) in [6.07, 6.45) is 2.26. The van der Waals surface area contributed by atoms with E-state index in [0.717, 1.165) is 31.7 Å². The number of benzene rings is 1. The molecule has 1 N–H and O–H groups in total. The molecule has 0 spiro atoms. The lowest BCUT2D eigenvalue weighted by atomic mass is 10.2. The van der Waals surface area contributed by atoms with Gasteiger partial charge in [-0.05, 0) is 38.0 Å². The van der Waals surface area contributed by atoms with Gasteiger partial charge in [0.25, 0.3) is 5.91 Å². The molecule has 2 aromatic rings. The van der Waals surface area contributed by atoms with Crippen molar-refractivity contribution in [3.05, 3.63) is 47.4 Å². The van der Waals surface area contributed by atoms with Crippen molar-refractivity contribution in [3.8, 4) is 0 Å². The van der Waals surface area contributed by atoms with E-state index in [4.69, 9.17) is 4.74 Å². The van der Waals surface area contributed by atoms with Gasteiger partial charge in [0.2, 0.25) is 0 Å². The van der Waals surface area contributed by atoms with Gasteiger partial charge in [-0.2, -0.15) is 0 Å². The fraction of sp³-hybridized carbons (Fsp3) is 0.333. The van der Waals surface area contributed by atoms with Crippen LogP contribution in [0.15, 0.2) is 30.3 Å². The summed E-state index contributed by atoms with van der Waals surface area (Å²) in [4.78, 5) is 35.0. The zero-order valence-corrected chi connectivity index (χ0v) is 14.3. The van der Waals surface area contributed by atoms with Gasteiger partial charge in [-0.1, -0.05) is 6.07 Å². The van der Waals surface area contributed by atoms with Crippen molar-refractivity contribution in [2.75, 3.05) is 30.4 Å². The number of hydrogen-bond acceptors (Lipinski definition) is 6. The van der Waals surface area contributed by atoms with E-state index in [1.165, 1.54) is 7.11 Å². The Kier molecular flexibility index (Phi) is 4.92. The molecule has 7 heteroatoms. The molecule has 0 saturated carbocycles. The molecule has 0 bridgehead atoms. The highest BCUT2D eigenvalue weighted by molar-refractivity contribution is 6.04. The molecule has 1 amide bonds. The highest BCUT2D eigenvalue weighted by Gasteiger charge is 2.18. The zero-order chi connectivity index (χ0) is 17.8. The van der Waals surface area contributed by atoms with Crippen molar-refractivity contribution in [1.82, 2.24) is 9.97 Å². The smallest absolute Gasteiger partial charge is 0.337 e. The Balaban J connectivity index is 1.80. The molecule has 1 aliphatic rings. The predicted molar refractivity (Wildman–Crippen MR) is 94.0 cm³/mol. The van der Waals surface area contributed by atoms with Crippen LogP contribution in [0.25, 0.3) is 0 Å². The Bertz CT molecular complexity index is 801. The molecule has 0 radical (unpaired) electrons. The van der Waals surface area contributed by atoms with E-state index in [2.05, 4.69) is 20.2 Å². The summed E-state index contributed by atoms with van der Waals surface area (Å²) in [5.74, 6) is 0.537. The highest BCUT2D eigenvalue weighted by atomic mass is 16.5. The largest absolute Gasteiger partial charge is 0.465 e. The summed E-state index contributed by atoms with van der Waals surface area (Å²) < 4.78 is 4.69. The van der Waals surface area contributed by atoms with Gasteiger partial charge in [-0.3, -0.25) is 4.79 Å². The average molecular weight is 340 g/mol. The van der Waals surface area contributed by atoms with Crippen LogP contribution in [0, 0.1) is 6.92 Å². The standard InChI is InChI=1S/C18H20N4O3/c1-12-19-15(11-16(20-12)22-8-3-4-9-22)17(23)21-14-7-5-6-13(10-14)18(24)25-2/h5-7,10-11H,3-4,8-9H2,1-2H3,(H,21,23). The number of carbonyl (C=O) groups excluding carboxylic acids is 2.